The van der Waals surface area contributed by atoms with Crippen LogP contribution >= 0.6 is 0 Å². The number of aromatic nitrogens is 4. The van der Waals surface area contributed by atoms with Crippen LogP contribution in [-0.2, 0) is 13.0 Å². The summed E-state index contributed by atoms with van der Waals surface area (Å²) >= 11 is 0. The molecule has 136 valence electrons. The molecule has 7 heteroatoms. The van der Waals surface area contributed by atoms with Crippen molar-refractivity contribution in [1.29, 1.82) is 0 Å². The second-order valence-electron chi connectivity index (χ2n) is 7.10. The number of anilines is 1. The number of carbonyl (C=O) groups excluding carboxylic acids is 1. The summed E-state index contributed by atoms with van der Waals surface area (Å²) in [7, 11) is 0. The number of hydrogen-bond donors (Lipinski definition) is 2. The molecule has 3 rings (SSSR count). The smallest absolute Gasteiger partial charge is 0.317 e. The molecule has 0 saturated carbocycles. The summed E-state index contributed by atoms with van der Waals surface area (Å²) in [5, 5.41) is 14.4. The Balaban J connectivity index is 1.76. The highest BCUT2D eigenvalue weighted by molar-refractivity contribution is 5.90. The van der Waals surface area contributed by atoms with Gasteiger partial charge in [-0.2, -0.15) is 10.2 Å². The summed E-state index contributed by atoms with van der Waals surface area (Å²) in [6, 6.07) is 0.0352. The van der Waals surface area contributed by atoms with Crippen LogP contribution in [0.15, 0.2) is 18.6 Å². The number of hydrogen-bond acceptors (Lipinski definition) is 3. The highest BCUT2D eigenvalue weighted by Gasteiger charge is 2.29. The van der Waals surface area contributed by atoms with Crippen molar-refractivity contribution in [2.24, 2.45) is 5.92 Å². The van der Waals surface area contributed by atoms with E-state index in [2.05, 4.69) is 41.4 Å². The van der Waals surface area contributed by atoms with Crippen molar-refractivity contribution in [2.45, 2.75) is 59.0 Å². The Morgan fingerprint density at radius 2 is 2.24 bits per heavy atom. The molecule has 2 aromatic heterocycles. The molecular weight excluding hydrogens is 316 g/mol. The van der Waals surface area contributed by atoms with Crippen molar-refractivity contribution >= 4 is 11.7 Å². The third kappa shape index (κ3) is 3.86. The maximum Gasteiger partial charge on any atom is 0.322 e. The Labute approximate surface area is 148 Å². The number of piperidine rings is 1. The lowest BCUT2D eigenvalue weighted by atomic mass is 9.98. The largest absolute Gasteiger partial charge is 0.322 e. The van der Waals surface area contributed by atoms with E-state index in [1.165, 1.54) is 0 Å². The summed E-state index contributed by atoms with van der Waals surface area (Å²) in [6.07, 6.45) is 9.45. The zero-order chi connectivity index (χ0) is 17.8. The molecule has 0 aliphatic carbocycles. The summed E-state index contributed by atoms with van der Waals surface area (Å²) in [5.74, 6) is 0.515. The predicted octanol–water partition coefficient (Wildman–Crippen LogP) is 3.58. The van der Waals surface area contributed by atoms with Crippen molar-refractivity contribution in [3.63, 3.8) is 0 Å². The Kier molecular flexibility index (Phi) is 5.40. The van der Waals surface area contributed by atoms with Crippen molar-refractivity contribution in [3.8, 4) is 0 Å². The van der Waals surface area contributed by atoms with E-state index in [0.717, 1.165) is 55.7 Å². The predicted molar refractivity (Wildman–Crippen MR) is 97.3 cm³/mol. The number of nitrogens with one attached hydrogen (secondary N) is 2. The highest BCUT2D eigenvalue weighted by atomic mass is 16.2. The molecule has 0 aromatic carbocycles. The van der Waals surface area contributed by atoms with Crippen LogP contribution in [0.4, 0.5) is 10.5 Å². The average Bonchev–Trinajstić information content (AvgIpc) is 3.24. The van der Waals surface area contributed by atoms with Crippen LogP contribution in [0.2, 0.25) is 0 Å². The molecule has 25 heavy (non-hydrogen) atoms. The average molecular weight is 344 g/mol. The fourth-order valence-electron chi connectivity index (χ4n) is 3.54. The fraction of sp³-hybridized carbons (Fsp3) is 0.611. The summed E-state index contributed by atoms with van der Waals surface area (Å²) in [4.78, 5) is 14.8. The van der Waals surface area contributed by atoms with Crippen molar-refractivity contribution in [2.75, 3.05) is 11.9 Å². The molecule has 2 N–H and O–H groups in total. The Hall–Kier alpha value is -2.31. The van der Waals surface area contributed by atoms with Crippen LogP contribution in [0.5, 0.6) is 0 Å². The van der Waals surface area contributed by atoms with E-state index < -0.39 is 0 Å². The van der Waals surface area contributed by atoms with Crippen LogP contribution < -0.4 is 5.32 Å². The molecule has 2 amide bonds. The maximum atomic E-state index is 12.9. The normalized spacial score (nSPS) is 17.9. The van der Waals surface area contributed by atoms with Crippen molar-refractivity contribution in [3.05, 3.63) is 29.8 Å². The van der Waals surface area contributed by atoms with Gasteiger partial charge >= 0.3 is 6.03 Å². The number of rotatable bonds is 5. The van der Waals surface area contributed by atoms with Gasteiger partial charge in [-0.1, -0.05) is 20.8 Å². The minimum Gasteiger partial charge on any atom is -0.317 e. The minimum atomic E-state index is -0.0512. The van der Waals surface area contributed by atoms with Gasteiger partial charge in [0.25, 0.3) is 0 Å². The molecule has 1 atom stereocenters. The number of amides is 2. The fourth-order valence-corrected chi connectivity index (χ4v) is 3.54. The summed E-state index contributed by atoms with van der Waals surface area (Å²) < 4.78 is 2.00. The van der Waals surface area contributed by atoms with E-state index in [0.29, 0.717) is 5.92 Å². The molecule has 1 saturated heterocycles. The molecule has 1 unspecified atom stereocenters. The monoisotopic (exact) mass is 344 g/mol. The first-order valence-corrected chi connectivity index (χ1v) is 9.21. The zero-order valence-electron chi connectivity index (χ0n) is 15.3. The molecule has 3 heterocycles. The SMILES string of the molecule is CCc1c(NC(=O)N2CCCCC2c2cn[nH]c2)cnn1CC(C)C. The second kappa shape index (κ2) is 7.72. The van der Waals surface area contributed by atoms with Crippen LogP contribution in [0.25, 0.3) is 0 Å². The van der Waals surface area contributed by atoms with Gasteiger partial charge in [-0.05, 0) is 31.6 Å². The number of H-pyrrole nitrogens is 1. The Morgan fingerprint density at radius 3 is 2.92 bits per heavy atom. The standard InChI is InChI=1S/C18H28N6O/c1-4-16-15(11-21-24(16)12-13(2)3)22-18(25)23-8-6-5-7-17(23)14-9-19-20-10-14/h9-11,13,17H,4-8,12H2,1-3H3,(H,19,20)(H,22,25). The van der Waals surface area contributed by atoms with E-state index in [9.17, 15) is 4.79 Å². The number of nitrogens with zero attached hydrogens (tertiary/aromatic N) is 4. The first-order valence-electron chi connectivity index (χ1n) is 9.21. The Bertz CT molecular complexity index is 690. The number of carbonyl (C=O) groups is 1. The van der Waals surface area contributed by atoms with Gasteiger partial charge in [0, 0.05) is 24.8 Å². The van der Waals surface area contributed by atoms with Crippen molar-refractivity contribution < 1.29 is 4.79 Å². The van der Waals surface area contributed by atoms with Gasteiger partial charge in [-0.3, -0.25) is 9.78 Å². The van der Waals surface area contributed by atoms with Crippen LogP contribution in [0.3, 0.4) is 0 Å². The first-order chi connectivity index (χ1) is 12.1. The number of aromatic amines is 1. The van der Waals surface area contributed by atoms with Crippen molar-refractivity contribution in [1.82, 2.24) is 24.9 Å². The lowest BCUT2D eigenvalue weighted by Crippen LogP contribution is -2.41. The third-order valence-corrected chi connectivity index (χ3v) is 4.73. The molecule has 0 spiro atoms. The van der Waals surface area contributed by atoms with Crippen LogP contribution in [0, 0.1) is 5.92 Å². The third-order valence-electron chi connectivity index (χ3n) is 4.73. The molecule has 1 fully saturated rings. The van der Waals surface area contributed by atoms with Gasteiger partial charge in [0.1, 0.15) is 0 Å². The van der Waals surface area contributed by atoms with Crippen LogP contribution in [0.1, 0.15) is 57.3 Å². The summed E-state index contributed by atoms with van der Waals surface area (Å²) in [6.45, 7) is 8.06. The molecule has 1 aliphatic heterocycles. The van der Waals surface area contributed by atoms with E-state index in [1.54, 1.807) is 6.20 Å². The second-order valence-corrected chi connectivity index (χ2v) is 7.10. The zero-order valence-corrected chi connectivity index (χ0v) is 15.3. The lowest BCUT2D eigenvalue weighted by Gasteiger charge is -2.35. The number of urea groups is 1. The first kappa shape index (κ1) is 17.5. The van der Waals surface area contributed by atoms with Gasteiger partial charge in [-0.15, -0.1) is 0 Å². The molecule has 0 radical (unpaired) electrons. The van der Waals surface area contributed by atoms with Gasteiger partial charge in [-0.25, -0.2) is 4.79 Å². The Morgan fingerprint density at radius 1 is 1.40 bits per heavy atom. The minimum absolute atomic E-state index is 0.0512. The highest BCUT2D eigenvalue weighted by Crippen LogP contribution is 2.31. The topological polar surface area (TPSA) is 78.8 Å². The molecular formula is C18H28N6O. The van der Waals surface area contributed by atoms with E-state index in [1.807, 2.05) is 22.0 Å². The molecule has 2 aromatic rings. The van der Waals surface area contributed by atoms with E-state index >= 15 is 0 Å². The maximum absolute atomic E-state index is 12.9. The van der Waals surface area contributed by atoms with Gasteiger partial charge in [0.15, 0.2) is 0 Å². The molecule has 7 nitrogen and oxygen atoms in total. The molecule has 1 aliphatic rings. The van der Waals surface area contributed by atoms with E-state index in [4.69, 9.17) is 0 Å². The van der Waals surface area contributed by atoms with Gasteiger partial charge in [0.05, 0.1) is 29.8 Å². The van der Waals surface area contributed by atoms with Crippen LogP contribution in [-0.4, -0.2) is 37.5 Å². The number of likely N-dealkylation sites (tertiary alicyclic amines) is 1. The van der Waals surface area contributed by atoms with Gasteiger partial charge < -0.3 is 10.2 Å². The van der Waals surface area contributed by atoms with Gasteiger partial charge in [0.2, 0.25) is 0 Å². The summed E-state index contributed by atoms with van der Waals surface area (Å²) in [5.41, 5.74) is 2.98. The lowest BCUT2D eigenvalue weighted by molar-refractivity contribution is 0.163. The quantitative estimate of drug-likeness (QED) is 0.870. The molecule has 0 bridgehead atoms. The van der Waals surface area contributed by atoms with E-state index in [-0.39, 0.29) is 12.1 Å².